The molecule has 0 aliphatic carbocycles. The molecule has 1 heterocycles. The average molecular weight is 396 g/mol. The third-order valence-corrected chi connectivity index (χ3v) is 4.99. The lowest BCUT2D eigenvalue weighted by atomic mass is 10.1. The zero-order valence-corrected chi connectivity index (χ0v) is 16.5. The van der Waals surface area contributed by atoms with Crippen LogP contribution in [-0.4, -0.2) is 55.8 Å². The molecule has 0 aromatic heterocycles. The van der Waals surface area contributed by atoms with Crippen molar-refractivity contribution in [2.75, 3.05) is 27.3 Å². The van der Waals surface area contributed by atoms with Crippen LogP contribution < -0.4 is 14.8 Å². The largest absolute Gasteiger partial charge is 0.493 e. The number of likely N-dealkylation sites (tertiary alicyclic amines) is 1. The highest BCUT2D eigenvalue weighted by molar-refractivity contribution is 6.06. The van der Waals surface area contributed by atoms with Crippen LogP contribution in [0, 0.1) is 0 Å². The Morgan fingerprint density at radius 3 is 2.48 bits per heavy atom. The molecule has 2 aromatic rings. The van der Waals surface area contributed by atoms with Crippen molar-refractivity contribution in [2.24, 2.45) is 0 Å². The number of hydrogen-bond acceptors (Lipinski definition) is 6. The number of rotatable bonds is 7. The lowest BCUT2D eigenvalue weighted by molar-refractivity contribution is -0.124. The summed E-state index contributed by atoms with van der Waals surface area (Å²) in [7, 11) is 2.99. The van der Waals surface area contributed by atoms with Gasteiger partial charge in [0, 0.05) is 5.56 Å². The summed E-state index contributed by atoms with van der Waals surface area (Å²) in [6.07, 6.45) is 1.37. The van der Waals surface area contributed by atoms with Crippen molar-refractivity contribution in [3.8, 4) is 11.5 Å². The fourth-order valence-electron chi connectivity index (χ4n) is 3.55. The summed E-state index contributed by atoms with van der Waals surface area (Å²) < 4.78 is 10.6. The molecule has 0 saturated carbocycles. The molecule has 152 valence electrons. The molecule has 0 radical (unpaired) electrons. The van der Waals surface area contributed by atoms with E-state index in [1.807, 2.05) is 0 Å². The summed E-state index contributed by atoms with van der Waals surface area (Å²) in [5.74, 6) is -0.151. The molecule has 2 aromatic carbocycles. The lowest BCUT2D eigenvalue weighted by Gasteiger charge is -2.23. The monoisotopic (exact) mass is 396 g/mol. The second-order valence-electron chi connectivity index (χ2n) is 6.78. The number of ether oxygens (including phenoxy) is 2. The molecule has 0 spiro atoms. The van der Waals surface area contributed by atoms with Crippen molar-refractivity contribution in [2.45, 2.75) is 18.9 Å². The molecule has 29 heavy (non-hydrogen) atoms. The maximum absolute atomic E-state index is 12.9. The van der Waals surface area contributed by atoms with Gasteiger partial charge in [0.05, 0.1) is 32.4 Å². The average Bonchev–Trinajstić information content (AvgIpc) is 3.21. The van der Waals surface area contributed by atoms with Gasteiger partial charge in [-0.1, -0.05) is 24.3 Å². The SMILES string of the molecule is COc1cccc(C(=O)CN2CCC[C@H]2C(=O)NC(=O)c2ccccc2)c1OC. The topological polar surface area (TPSA) is 84.9 Å². The standard InChI is InChI=1S/C22H24N2O5/c1-28-19-12-6-10-16(20(19)29-2)18(25)14-24-13-7-11-17(24)22(27)23-21(26)15-8-4-3-5-9-15/h3-6,8-10,12,17H,7,11,13-14H2,1-2H3,(H,23,26,27)/t17-/m0/s1. The number of nitrogens with one attached hydrogen (secondary N) is 1. The molecule has 0 bridgehead atoms. The molecule has 1 saturated heterocycles. The van der Waals surface area contributed by atoms with Gasteiger partial charge in [0.25, 0.3) is 5.91 Å². The Bertz CT molecular complexity index is 897. The molecule has 7 nitrogen and oxygen atoms in total. The first-order valence-electron chi connectivity index (χ1n) is 9.43. The van der Waals surface area contributed by atoms with Gasteiger partial charge in [0.1, 0.15) is 0 Å². The van der Waals surface area contributed by atoms with Crippen LogP contribution in [-0.2, 0) is 4.79 Å². The molecule has 1 N–H and O–H groups in total. The number of carbonyl (C=O) groups excluding carboxylic acids is 3. The number of hydrogen-bond donors (Lipinski definition) is 1. The molecule has 3 rings (SSSR count). The molecule has 2 amide bonds. The summed E-state index contributed by atoms with van der Waals surface area (Å²) in [6, 6.07) is 13.2. The zero-order chi connectivity index (χ0) is 20.8. The maximum Gasteiger partial charge on any atom is 0.257 e. The Morgan fingerprint density at radius 1 is 1.03 bits per heavy atom. The van der Waals surface area contributed by atoms with Crippen LogP contribution in [0.4, 0.5) is 0 Å². The van der Waals surface area contributed by atoms with E-state index in [0.717, 1.165) is 6.42 Å². The van der Waals surface area contributed by atoms with E-state index in [1.165, 1.54) is 14.2 Å². The smallest absolute Gasteiger partial charge is 0.257 e. The van der Waals surface area contributed by atoms with E-state index in [1.54, 1.807) is 53.4 Å². The van der Waals surface area contributed by atoms with E-state index in [-0.39, 0.29) is 18.2 Å². The summed E-state index contributed by atoms with van der Waals surface area (Å²) in [5.41, 5.74) is 0.820. The van der Waals surface area contributed by atoms with Crippen molar-refractivity contribution >= 4 is 17.6 Å². The minimum atomic E-state index is -0.525. The van der Waals surface area contributed by atoms with E-state index < -0.39 is 11.9 Å². The number of amides is 2. The van der Waals surface area contributed by atoms with Gasteiger partial charge >= 0.3 is 0 Å². The number of imide groups is 1. The first kappa shape index (κ1) is 20.5. The molecule has 1 atom stereocenters. The Morgan fingerprint density at radius 2 is 1.79 bits per heavy atom. The number of Topliss-reactive ketones (excluding diaryl/α,β-unsaturated/α-hetero) is 1. The Kier molecular flexibility index (Phi) is 6.61. The van der Waals surface area contributed by atoms with Gasteiger partial charge in [-0.25, -0.2) is 0 Å². The fourth-order valence-corrected chi connectivity index (χ4v) is 3.55. The van der Waals surface area contributed by atoms with Crippen molar-refractivity contribution in [1.29, 1.82) is 0 Å². The van der Waals surface area contributed by atoms with E-state index in [9.17, 15) is 14.4 Å². The van der Waals surface area contributed by atoms with Crippen molar-refractivity contribution in [1.82, 2.24) is 10.2 Å². The second kappa shape index (κ2) is 9.34. The Labute approximate surface area is 169 Å². The van der Waals surface area contributed by atoms with E-state index >= 15 is 0 Å². The minimum absolute atomic E-state index is 0.0567. The second-order valence-corrected chi connectivity index (χ2v) is 6.78. The molecule has 1 aliphatic rings. The predicted octanol–water partition coefficient (Wildman–Crippen LogP) is 2.31. The van der Waals surface area contributed by atoms with Crippen LogP contribution in [0.5, 0.6) is 11.5 Å². The highest BCUT2D eigenvalue weighted by Crippen LogP contribution is 2.31. The summed E-state index contributed by atoms with van der Waals surface area (Å²) >= 11 is 0. The van der Waals surface area contributed by atoms with Gasteiger partial charge in [0.15, 0.2) is 17.3 Å². The lowest BCUT2D eigenvalue weighted by Crippen LogP contribution is -2.46. The van der Waals surface area contributed by atoms with Gasteiger partial charge in [-0.15, -0.1) is 0 Å². The Balaban J connectivity index is 1.69. The number of benzene rings is 2. The van der Waals surface area contributed by atoms with Crippen molar-refractivity contribution < 1.29 is 23.9 Å². The fraction of sp³-hybridized carbons (Fsp3) is 0.318. The van der Waals surface area contributed by atoms with Crippen LogP contribution in [0.1, 0.15) is 33.6 Å². The highest BCUT2D eigenvalue weighted by atomic mass is 16.5. The highest BCUT2D eigenvalue weighted by Gasteiger charge is 2.33. The molecule has 0 unspecified atom stereocenters. The van der Waals surface area contributed by atoms with Gasteiger partial charge in [-0.3, -0.25) is 24.6 Å². The molecular weight excluding hydrogens is 372 g/mol. The number of para-hydroxylation sites is 1. The van der Waals surface area contributed by atoms with Crippen LogP contribution in [0.15, 0.2) is 48.5 Å². The third-order valence-electron chi connectivity index (χ3n) is 4.99. The van der Waals surface area contributed by atoms with Gasteiger partial charge < -0.3 is 9.47 Å². The number of carbonyl (C=O) groups is 3. The zero-order valence-electron chi connectivity index (χ0n) is 16.5. The van der Waals surface area contributed by atoms with Crippen LogP contribution >= 0.6 is 0 Å². The van der Waals surface area contributed by atoms with E-state index in [4.69, 9.17) is 9.47 Å². The normalized spacial score (nSPS) is 16.3. The molecular formula is C22H24N2O5. The van der Waals surface area contributed by atoms with E-state index in [2.05, 4.69) is 5.32 Å². The molecule has 1 fully saturated rings. The van der Waals surface area contributed by atoms with Crippen molar-refractivity contribution in [3.63, 3.8) is 0 Å². The quantitative estimate of drug-likeness (QED) is 0.571. The van der Waals surface area contributed by atoms with E-state index in [0.29, 0.717) is 35.6 Å². The molecule has 1 aliphatic heterocycles. The maximum atomic E-state index is 12.9. The predicted molar refractivity (Wildman–Crippen MR) is 107 cm³/mol. The summed E-state index contributed by atoms with van der Waals surface area (Å²) in [6.45, 7) is 0.663. The van der Waals surface area contributed by atoms with Crippen LogP contribution in [0.25, 0.3) is 0 Å². The minimum Gasteiger partial charge on any atom is -0.493 e. The van der Waals surface area contributed by atoms with Crippen LogP contribution in [0.3, 0.4) is 0 Å². The van der Waals surface area contributed by atoms with Crippen molar-refractivity contribution in [3.05, 3.63) is 59.7 Å². The summed E-state index contributed by atoms with van der Waals surface area (Å²) in [5, 5.41) is 2.45. The summed E-state index contributed by atoms with van der Waals surface area (Å²) in [4.78, 5) is 39.6. The first-order valence-corrected chi connectivity index (χ1v) is 9.43. The van der Waals surface area contributed by atoms with Gasteiger partial charge in [-0.05, 0) is 43.7 Å². The number of nitrogens with zero attached hydrogens (tertiary/aromatic N) is 1. The number of ketones is 1. The first-order chi connectivity index (χ1) is 14.0. The van der Waals surface area contributed by atoms with Gasteiger partial charge in [-0.2, -0.15) is 0 Å². The van der Waals surface area contributed by atoms with Gasteiger partial charge in [0.2, 0.25) is 5.91 Å². The number of methoxy groups -OCH3 is 2. The molecule has 7 heteroatoms. The third kappa shape index (κ3) is 4.63. The Hall–Kier alpha value is -3.19. The van der Waals surface area contributed by atoms with Crippen LogP contribution in [0.2, 0.25) is 0 Å².